The van der Waals surface area contributed by atoms with Crippen LogP contribution in [0.25, 0.3) is 0 Å². The van der Waals surface area contributed by atoms with E-state index in [-0.39, 0.29) is 0 Å². The van der Waals surface area contributed by atoms with Crippen LogP contribution in [0.5, 0.6) is 0 Å². The maximum atomic E-state index is 8.95. The zero-order valence-electron chi connectivity index (χ0n) is 7.34. The molecule has 0 spiro atoms. The first kappa shape index (κ1) is 12.2. The van der Waals surface area contributed by atoms with E-state index in [0.29, 0.717) is 6.47 Å². The lowest BCUT2D eigenvalue weighted by Crippen LogP contribution is -1.68. The fourth-order valence-electron chi connectivity index (χ4n) is 0.606. The lowest BCUT2D eigenvalue weighted by molar-refractivity contribution is -0.126. The minimum atomic E-state index is 0.375. The Balaban J connectivity index is 0.000000213. The van der Waals surface area contributed by atoms with Crippen molar-refractivity contribution in [1.29, 1.82) is 0 Å². The molecule has 0 aromatic heterocycles. The fraction of sp³-hybridized carbons (Fsp3) is 0.125. The summed E-state index contributed by atoms with van der Waals surface area (Å²) in [4.78, 5) is 8.95. The van der Waals surface area contributed by atoms with Crippen molar-refractivity contribution in [3.63, 3.8) is 0 Å². The van der Waals surface area contributed by atoms with Gasteiger partial charge >= 0.3 is 0 Å². The summed E-state index contributed by atoms with van der Waals surface area (Å²) in [7, 11) is 1.31. The van der Waals surface area contributed by atoms with Gasteiger partial charge in [-0.15, -0.1) is 0 Å². The van der Waals surface area contributed by atoms with Gasteiger partial charge < -0.3 is 4.74 Å². The second-order valence-electron chi connectivity index (χ2n) is 1.92. The molecule has 0 unspecified atom stereocenters. The first-order valence-corrected chi connectivity index (χ1v) is 7.07. The van der Waals surface area contributed by atoms with E-state index in [1.165, 1.54) is 15.6 Å². The minimum absolute atomic E-state index is 0.375. The van der Waals surface area contributed by atoms with E-state index in [0.717, 1.165) is 0 Å². The molecule has 2 nitrogen and oxygen atoms in total. The number of hydrogen-bond donors (Lipinski definition) is 0. The Kier molecular flexibility index (Phi) is 6.42. The van der Waals surface area contributed by atoms with Gasteiger partial charge in [0.05, 0.1) is 15.6 Å². The first-order chi connectivity index (χ1) is 6.88. The van der Waals surface area contributed by atoms with Crippen molar-refractivity contribution in [2.75, 3.05) is 7.11 Å². The Morgan fingerprint density at radius 1 is 1.00 bits per heavy atom. The third-order valence-electron chi connectivity index (χ3n) is 1.07. The third kappa shape index (κ3) is 4.08. The topological polar surface area (TPSA) is 26.3 Å². The molecule has 0 bridgehead atoms. The lowest BCUT2D eigenvalue weighted by Gasteiger charge is -1.97. The van der Waals surface area contributed by atoms with E-state index in [1.807, 2.05) is 47.0 Å². The molecule has 14 heavy (non-hydrogen) atoms. The largest absolute Gasteiger partial charge is 0.471 e. The second-order valence-corrected chi connectivity index (χ2v) is 6.10. The molecular weight excluding hydrogens is 256 g/mol. The smallest absolute Gasteiger partial charge is 0.292 e. The summed E-state index contributed by atoms with van der Waals surface area (Å²) < 4.78 is 6.72. The molecule has 0 fully saturated rings. The zero-order valence-corrected chi connectivity index (χ0v) is 10.6. The van der Waals surface area contributed by atoms with Gasteiger partial charge in [-0.2, -0.15) is 0 Å². The highest BCUT2D eigenvalue weighted by Gasteiger charge is 2.12. The van der Waals surface area contributed by atoms with Crippen molar-refractivity contribution in [2.24, 2.45) is 0 Å². The molecule has 0 N–H and O–H groups in total. The first-order valence-electron chi connectivity index (χ1n) is 3.56. The molecular formula is C8H8O2S4. The van der Waals surface area contributed by atoms with Crippen LogP contribution in [0.15, 0.2) is 30.1 Å². The Morgan fingerprint density at radius 3 is 1.50 bits per heavy atom. The van der Waals surface area contributed by atoms with Crippen LogP contribution in [0.1, 0.15) is 0 Å². The fourth-order valence-corrected chi connectivity index (χ4v) is 4.64. The monoisotopic (exact) mass is 264 g/mol. The Hall–Kier alpha value is 0.0900. The molecule has 0 radical (unpaired) electrons. The Morgan fingerprint density at radius 2 is 1.29 bits per heavy atom. The third-order valence-corrected chi connectivity index (χ3v) is 5.85. The van der Waals surface area contributed by atoms with Crippen molar-refractivity contribution in [3.05, 3.63) is 30.1 Å². The number of hydrogen-bond acceptors (Lipinski definition) is 6. The standard InChI is InChI=1S/C6H4S4.C2H4O2/c1-2-8-5(7-1)6-9-3-4-10-6;1-4-2-3/h1-4H;2H,1H3. The predicted octanol–water partition coefficient (Wildman–Crippen LogP) is 3.80. The number of carbonyl (C=O) groups is 1. The molecule has 2 aliphatic heterocycles. The molecule has 0 amide bonds. The van der Waals surface area contributed by atoms with Crippen LogP contribution in [-0.4, -0.2) is 13.6 Å². The average molecular weight is 264 g/mol. The molecule has 0 saturated carbocycles. The molecule has 76 valence electrons. The Labute approximate surface area is 100.0 Å². The van der Waals surface area contributed by atoms with Crippen LogP contribution in [0.3, 0.4) is 0 Å². The summed E-state index contributed by atoms with van der Waals surface area (Å²) in [5, 5.41) is 8.53. The van der Waals surface area contributed by atoms with Gasteiger partial charge in [0.2, 0.25) is 0 Å². The van der Waals surface area contributed by atoms with Crippen LogP contribution in [0.4, 0.5) is 0 Å². The van der Waals surface area contributed by atoms with Crippen LogP contribution >= 0.6 is 47.0 Å². The van der Waals surface area contributed by atoms with E-state index in [1.54, 1.807) is 0 Å². The van der Waals surface area contributed by atoms with E-state index in [4.69, 9.17) is 4.79 Å². The van der Waals surface area contributed by atoms with Crippen molar-refractivity contribution in [3.8, 4) is 0 Å². The minimum Gasteiger partial charge on any atom is -0.471 e. The molecule has 0 aromatic carbocycles. The summed E-state index contributed by atoms with van der Waals surface area (Å²) in [5.74, 6) is 0. The van der Waals surface area contributed by atoms with Crippen LogP contribution < -0.4 is 0 Å². The van der Waals surface area contributed by atoms with Crippen LogP contribution in [0, 0.1) is 0 Å². The van der Waals surface area contributed by atoms with Crippen molar-refractivity contribution < 1.29 is 9.53 Å². The highest BCUT2D eigenvalue weighted by atomic mass is 32.2. The van der Waals surface area contributed by atoms with Crippen LogP contribution in [0.2, 0.25) is 0 Å². The number of thioether (sulfide) groups is 4. The number of rotatable bonds is 1. The summed E-state index contributed by atoms with van der Waals surface area (Å²) in [6.07, 6.45) is 0. The maximum Gasteiger partial charge on any atom is 0.292 e. The molecule has 2 rings (SSSR count). The van der Waals surface area contributed by atoms with Gasteiger partial charge in [-0.25, -0.2) is 0 Å². The zero-order chi connectivity index (χ0) is 10.2. The summed E-state index contributed by atoms with van der Waals surface area (Å²) >= 11 is 7.28. The van der Waals surface area contributed by atoms with Crippen molar-refractivity contribution in [2.45, 2.75) is 0 Å². The number of ether oxygens (including phenoxy) is 1. The Bertz CT molecular complexity index is 239. The van der Waals surface area contributed by atoms with Crippen molar-refractivity contribution in [1.82, 2.24) is 0 Å². The molecule has 6 heteroatoms. The van der Waals surface area contributed by atoms with Gasteiger partial charge in [-0.05, 0) is 21.6 Å². The summed E-state index contributed by atoms with van der Waals surface area (Å²) in [5.41, 5.74) is 0. The number of methoxy groups -OCH3 is 1. The molecule has 0 aliphatic carbocycles. The number of carbonyl (C=O) groups excluding carboxylic acids is 1. The van der Waals surface area contributed by atoms with Crippen LogP contribution in [-0.2, 0) is 9.53 Å². The molecule has 2 aliphatic rings. The van der Waals surface area contributed by atoms with Gasteiger partial charge in [0.15, 0.2) is 0 Å². The van der Waals surface area contributed by atoms with Gasteiger partial charge in [-0.1, -0.05) is 47.0 Å². The van der Waals surface area contributed by atoms with Gasteiger partial charge in [0.25, 0.3) is 6.47 Å². The maximum absolute atomic E-state index is 8.95. The highest BCUT2D eigenvalue weighted by molar-refractivity contribution is 8.33. The lowest BCUT2D eigenvalue weighted by atomic mass is 11.2. The van der Waals surface area contributed by atoms with Gasteiger partial charge in [-0.3, -0.25) is 4.79 Å². The van der Waals surface area contributed by atoms with E-state index >= 15 is 0 Å². The average Bonchev–Trinajstić information content (AvgIpc) is 2.89. The summed E-state index contributed by atoms with van der Waals surface area (Å²) in [6, 6.07) is 0. The molecule has 0 saturated heterocycles. The SMILES string of the molecule is C1=CSC(=C2SC=CS2)S1.COC=O. The van der Waals surface area contributed by atoms with E-state index in [2.05, 4.69) is 26.4 Å². The van der Waals surface area contributed by atoms with Crippen molar-refractivity contribution >= 4 is 53.5 Å². The second kappa shape index (κ2) is 7.39. The predicted molar refractivity (Wildman–Crippen MR) is 68.7 cm³/mol. The molecule has 0 aromatic rings. The molecule has 2 heterocycles. The molecule has 0 atom stereocenters. The highest BCUT2D eigenvalue weighted by Crippen LogP contribution is 2.50. The van der Waals surface area contributed by atoms with E-state index in [9.17, 15) is 0 Å². The van der Waals surface area contributed by atoms with E-state index < -0.39 is 0 Å². The van der Waals surface area contributed by atoms with Gasteiger partial charge in [0.1, 0.15) is 0 Å². The van der Waals surface area contributed by atoms with Gasteiger partial charge in [0, 0.05) is 0 Å². The normalized spacial score (nSPS) is 18.1. The quantitative estimate of drug-likeness (QED) is 0.668. The summed E-state index contributed by atoms with van der Waals surface area (Å²) in [6.45, 7) is 0.375.